The van der Waals surface area contributed by atoms with Crippen LogP contribution in [0.1, 0.15) is 18.1 Å². The second kappa shape index (κ2) is 10.5. The van der Waals surface area contributed by atoms with Crippen LogP contribution in [-0.2, 0) is 20.9 Å². The van der Waals surface area contributed by atoms with E-state index in [0.717, 1.165) is 37.4 Å². The predicted octanol–water partition coefficient (Wildman–Crippen LogP) is 2.63. The van der Waals surface area contributed by atoms with Crippen LogP contribution in [0.4, 0.5) is 10.1 Å². The lowest BCUT2D eigenvalue weighted by atomic mass is 10.1. The van der Waals surface area contributed by atoms with Crippen LogP contribution in [0.2, 0.25) is 0 Å². The second-order valence-electron chi connectivity index (χ2n) is 8.18. The van der Waals surface area contributed by atoms with Gasteiger partial charge in [-0.1, -0.05) is 12.1 Å². The Labute approximate surface area is 201 Å². The van der Waals surface area contributed by atoms with E-state index < -0.39 is 22.9 Å². The van der Waals surface area contributed by atoms with E-state index in [1.165, 1.54) is 18.3 Å². The number of halogens is 1. The predicted molar refractivity (Wildman–Crippen MR) is 131 cm³/mol. The highest BCUT2D eigenvalue weighted by atomic mass is 19.1. The highest BCUT2D eigenvalue weighted by Crippen LogP contribution is 2.24. The number of nitrogens with one attached hydrogen (secondary N) is 1. The van der Waals surface area contributed by atoms with Gasteiger partial charge in [-0.05, 0) is 42.8 Å². The summed E-state index contributed by atoms with van der Waals surface area (Å²) < 4.78 is 19.9. The Balaban J connectivity index is 1.82. The molecule has 0 aliphatic carbocycles. The molecular weight excluding hydrogens is 453 g/mol. The standard InChI is InChI=1S/C26H26FN3O5/c1-2-35-26(34)24(32)14-23(31)21-16-30(15-17-3-5-18(27)6-4-17)22-13-19(7-8-20(22)25(21)33)29-11-9-28-10-12-29/h3-8,13-14,16,28,31H,2,9-12,15H2,1H3/b23-14-. The van der Waals surface area contributed by atoms with Crippen LogP contribution in [0, 0.1) is 5.82 Å². The fourth-order valence-corrected chi connectivity index (χ4v) is 4.06. The Morgan fingerprint density at radius 3 is 2.54 bits per heavy atom. The largest absolute Gasteiger partial charge is 0.507 e. The summed E-state index contributed by atoms with van der Waals surface area (Å²) in [6.07, 6.45) is 2.14. The monoisotopic (exact) mass is 479 g/mol. The van der Waals surface area contributed by atoms with Crippen molar-refractivity contribution in [3.05, 3.63) is 81.9 Å². The number of hydrogen-bond acceptors (Lipinski definition) is 7. The first kappa shape index (κ1) is 24.2. The highest BCUT2D eigenvalue weighted by Gasteiger charge is 2.19. The summed E-state index contributed by atoms with van der Waals surface area (Å²) >= 11 is 0. The summed E-state index contributed by atoms with van der Waals surface area (Å²) in [6.45, 7) is 5.21. The van der Waals surface area contributed by atoms with E-state index in [4.69, 9.17) is 0 Å². The van der Waals surface area contributed by atoms with E-state index >= 15 is 0 Å². The molecule has 2 aromatic carbocycles. The molecule has 1 saturated heterocycles. The number of fused-ring (bicyclic) bond motifs is 1. The van der Waals surface area contributed by atoms with Gasteiger partial charge in [0.25, 0.3) is 5.78 Å². The van der Waals surface area contributed by atoms with Gasteiger partial charge in [0, 0.05) is 56.1 Å². The molecule has 0 bridgehead atoms. The number of esters is 1. The topological polar surface area (TPSA) is 101 Å². The van der Waals surface area contributed by atoms with Crippen molar-refractivity contribution >= 4 is 34.1 Å². The van der Waals surface area contributed by atoms with E-state index in [0.29, 0.717) is 17.0 Å². The van der Waals surface area contributed by atoms with Crippen molar-refractivity contribution in [1.82, 2.24) is 9.88 Å². The van der Waals surface area contributed by atoms with E-state index in [2.05, 4.69) is 15.0 Å². The van der Waals surface area contributed by atoms with Gasteiger partial charge >= 0.3 is 5.97 Å². The van der Waals surface area contributed by atoms with Crippen molar-refractivity contribution in [1.29, 1.82) is 0 Å². The average Bonchev–Trinajstić information content (AvgIpc) is 2.87. The van der Waals surface area contributed by atoms with Crippen molar-refractivity contribution < 1.29 is 23.8 Å². The maximum Gasteiger partial charge on any atom is 0.379 e. The van der Waals surface area contributed by atoms with Crippen LogP contribution in [0.3, 0.4) is 0 Å². The molecule has 2 heterocycles. The molecule has 0 unspecified atom stereocenters. The molecule has 3 aromatic rings. The minimum atomic E-state index is -1.12. The summed E-state index contributed by atoms with van der Waals surface area (Å²) in [5.74, 6) is -3.18. The van der Waals surface area contributed by atoms with Gasteiger partial charge in [0.1, 0.15) is 11.6 Å². The summed E-state index contributed by atoms with van der Waals surface area (Å²) in [5.41, 5.74) is 1.75. The molecule has 0 atom stereocenters. The van der Waals surface area contributed by atoms with Gasteiger partial charge in [0.05, 0.1) is 17.7 Å². The first-order chi connectivity index (χ1) is 16.9. The Bertz CT molecular complexity index is 1340. The molecule has 0 amide bonds. The van der Waals surface area contributed by atoms with Crippen LogP contribution in [0.15, 0.2) is 59.5 Å². The number of nitrogens with zero attached hydrogens (tertiary/aromatic N) is 2. The highest BCUT2D eigenvalue weighted by molar-refractivity contribution is 6.39. The fraction of sp³-hybridized carbons (Fsp3) is 0.269. The van der Waals surface area contributed by atoms with E-state index in [-0.39, 0.29) is 24.5 Å². The molecule has 4 rings (SSSR count). The first-order valence-electron chi connectivity index (χ1n) is 11.4. The zero-order chi connectivity index (χ0) is 24.9. The third kappa shape index (κ3) is 5.41. The zero-order valence-electron chi connectivity index (χ0n) is 19.3. The smallest absolute Gasteiger partial charge is 0.379 e. The van der Waals surface area contributed by atoms with Gasteiger partial charge in [0.2, 0.25) is 0 Å². The average molecular weight is 480 g/mol. The minimum absolute atomic E-state index is 0.00897. The molecule has 1 aliphatic rings. The van der Waals surface area contributed by atoms with Crippen LogP contribution in [-0.4, -0.2) is 54.2 Å². The van der Waals surface area contributed by atoms with E-state index in [1.54, 1.807) is 29.7 Å². The number of aliphatic hydroxyl groups excluding tert-OH is 1. The normalized spacial score (nSPS) is 14.2. The number of aromatic nitrogens is 1. The number of rotatable bonds is 7. The molecular formula is C26H26FN3O5. The molecule has 0 radical (unpaired) electrons. The molecule has 2 N–H and O–H groups in total. The van der Waals surface area contributed by atoms with E-state index in [1.807, 2.05) is 12.1 Å². The number of piperazine rings is 1. The molecule has 0 saturated carbocycles. The number of benzene rings is 2. The van der Waals surface area contributed by atoms with Gasteiger partial charge in [-0.3, -0.25) is 9.59 Å². The van der Waals surface area contributed by atoms with Gasteiger partial charge in [0.15, 0.2) is 5.43 Å². The summed E-state index contributed by atoms with van der Waals surface area (Å²) in [6, 6.07) is 11.4. The lowest BCUT2D eigenvalue weighted by molar-refractivity contribution is -0.151. The molecule has 1 aromatic heterocycles. The Morgan fingerprint density at radius 2 is 1.86 bits per heavy atom. The van der Waals surface area contributed by atoms with Crippen molar-refractivity contribution in [3.63, 3.8) is 0 Å². The third-order valence-electron chi connectivity index (χ3n) is 5.83. The number of ether oxygens (including phenoxy) is 1. The van der Waals surface area contributed by atoms with Crippen LogP contribution >= 0.6 is 0 Å². The van der Waals surface area contributed by atoms with Crippen LogP contribution in [0.5, 0.6) is 0 Å². The lowest BCUT2D eigenvalue weighted by Gasteiger charge is -2.30. The fourth-order valence-electron chi connectivity index (χ4n) is 4.06. The number of ketones is 1. The zero-order valence-corrected chi connectivity index (χ0v) is 19.3. The van der Waals surface area contributed by atoms with Gasteiger partial charge in [-0.25, -0.2) is 9.18 Å². The number of pyridine rings is 1. The van der Waals surface area contributed by atoms with Gasteiger partial charge in [-0.2, -0.15) is 0 Å². The number of carbonyl (C=O) groups excluding carboxylic acids is 2. The Hall–Kier alpha value is -3.98. The van der Waals surface area contributed by atoms with E-state index in [9.17, 15) is 23.9 Å². The summed E-state index contributed by atoms with van der Waals surface area (Å²) in [4.78, 5) is 39.2. The molecule has 8 nitrogen and oxygen atoms in total. The lowest BCUT2D eigenvalue weighted by Crippen LogP contribution is -2.43. The Morgan fingerprint density at radius 1 is 1.14 bits per heavy atom. The molecule has 182 valence electrons. The molecule has 1 aliphatic heterocycles. The van der Waals surface area contributed by atoms with Crippen LogP contribution in [0.25, 0.3) is 16.7 Å². The van der Waals surface area contributed by atoms with Crippen molar-refractivity contribution in [2.24, 2.45) is 0 Å². The van der Waals surface area contributed by atoms with Crippen molar-refractivity contribution in [3.8, 4) is 0 Å². The molecule has 35 heavy (non-hydrogen) atoms. The molecule has 1 fully saturated rings. The number of carbonyl (C=O) groups is 2. The second-order valence-corrected chi connectivity index (χ2v) is 8.18. The Kier molecular flexibility index (Phi) is 7.26. The van der Waals surface area contributed by atoms with Crippen molar-refractivity contribution in [2.45, 2.75) is 13.5 Å². The number of hydrogen-bond donors (Lipinski definition) is 2. The number of aliphatic hydroxyl groups is 1. The van der Waals surface area contributed by atoms with Gasteiger partial charge < -0.3 is 24.6 Å². The summed E-state index contributed by atoms with van der Waals surface area (Å²) in [5, 5.41) is 14.2. The third-order valence-corrected chi connectivity index (χ3v) is 5.83. The quantitative estimate of drug-likeness (QED) is 0.233. The van der Waals surface area contributed by atoms with Crippen molar-refractivity contribution in [2.75, 3.05) is 37.7 Å². The minimum Gasteiger partial charge on any atom is -0.507 e. The van der Waals surface area contributed by atoms with Crippen LogP contribution < -0.4 is 15.6 Å². The SMILES string of the molecule is CCOC(=O)C(=O)/C=C(\O)c1cn(Cc2ccc(F)cc2)c2cc(N3CCNCC3)ccc2c1=O. The molecule has 9 heteroatoms. The first-order valence-corrected chi connectivity index (χ1v) is 11.4. The summed E-state index contributed by atoms with van der Waals surface area (Å²) in [7, 11) is 0. The number of anilines is 1. The van der Waals surface area contributed by atoms with Gasteiger partial charge in [-0.15, -0.1) is 0 Å². The molecule has 0 spiro atoms. The maximum absolute atomic E-state index is 13.4. The maximum atomic E-state index is 13.4.